The van der Waals surface area contributed by atoms with Crippen molar-refractivity contribution >= 4 is 5.91 Å². The lowest BCUT2D eigenvalue weighted by Crippen LogP contribution is -2.34. The quantitative estimate of drug-likeness (QED) is 0.350. The SMILES string of the molecule is C=CCc1cccc(C(C)C)c1OCC(=O)NN. The second-order valence-electron chi connectivity index (χ2n) is 4.34. The van der Waals surface area contributed by atoms with E-state index in [4.69, 9.17) is 10.6 Å². The molecule has 0 radical (unpaired) electrons. The molecule has 1 aromatic rings. The number of benzene rings is 1. The van der Waals surface area contributed by atoms with Gasteiger partial charge in [0.1, 0.15) is 5.75 Å². The molecule has 3 N–H and O–H groups in total. The van der Waals surface area contributed by atoms with E-state index in [2.05, 4.69) is 25.9 Å². The van der Waals surface area contributed by atoms with Crippen molar-refractivity contribution < 1.29 is 9.53 Å². The zero-order chi connectivity index (χ0) is 13.5. The minimum Gasteiger partial charge on any atom is -0.483 e. The van der Waals surface area contributed by atoms with Crippen LogP contribution in [0.25, 0.3) is 0 Å². The van der Waals surface area contributed by atoms with E-state index in [1.807, 2.05) is 24.3 Å². The summed E-state index contributed by atoms with van der Waals surface area (Å²) in [6, 6.07) is 5.97. The van der Waals surface area contributed by atoms with Gasteiger partial charge < -0.3 is 4.74 Å². The summed E-state index contributed by atoms with van der Waals surface area (Å²) in [6.07, 6.45) is 2.52. The maximum atomic E-state index is 11.2. The molecule has 0 aromatic heterocycles. The van der Waals surface area contributed by atoms with Gasteiger partial charge in [-0.2, -0.15) is 0 Å². The molecule has 0 saturated carbocycles. The van der Waals surface area contributed by atoms with Crippen molar-refractivity contribution in [2.75, 3.05) is 6.61 Å². The summed E-state index contributed by atoms with van der Waals surface area (Å²) < 4.78 is 5.60. The first kappa shape index (κ1) is 14.3. The van der Waals surface area contributed by atoms with Gasteiger partial charge in [0.25, 0.3) is 5.91 Å². The van der Waals surface area contributed by atoms with Gasteiger partial charge in [-0.05, 0) is 23.5 Å². The molecule has 0 bridgehead atoms. The average Bonchev–Trinajstić information content (AvgIpc) is 2.36. The van der Waals surface area contributed by atoms with Crippen molar-refractivity contribution in [3.8, 4) is 5.75 Å². The predicted octanol–water partition coefficient (Wildman–Crippen LogP) is 1.91. The third-order valence-electron chi connectivity index (χ3n) is 2.62. The summed E-state index contributed by atoms with van der Waals surface area (Å²) >= 11 is 0. The Bertz CT molecular complexity index is 428. The normalized spacial score (nSPS) is 10.2. The Kier molecular flexibility index (Phi) is 5.39. The van der Waals surface area contributed by atoms with Crippen LogP contribution >= 0.6 is 0 Å². The minimum absolute atomic E-state index is 0.0790. The minimum atomic E-state index is -0.349. The van der Waals surface area contributed by atoms with Crippen molar-refractivity contribution in [1.29, 1.82) is 0 Å². The smallest absolute Gasteiger partial charge is 0.271 e. The molecule has 0 spiro atoms. The highest BCUT2D eigenvalue weighted by Gasteiger charge is 2.13. The van der Waals surface area contributed by atoms with Crippen LogP contribution in [0.5, 0.6) is 5.75 Å². The summed E-state index contributed by atoms with van der Waals surface area (Å²) in [5.41, 5.74) is 4.16. The van der Waals surface area contributed by atoms with Gasteiger partial charge in [0.2, 0.25) is 0 Å². The summed E-state index contributed by atoms with van der Waals surface area (Å²) in [6.45, 7) is 7.82. The highest BCUT2D eigenvalue weighted by Crippen LogP contribution is 2.30. The van der Waals surface area contributed by atoms with Crippen molar-refractivity contribution in [1.82, 2.24) is 5.43 Å². The van der Waals surface area contributed by atoms with Crippen molar-refractivity contribution in [2.45, 2.75) is 26.2 Å². The van der Waals surface area contributed by atoms with E-state index >= 15 is 0 Å². The van der Waals surface area contributed by atoms with Gasteiger partial charge in [-0.1, -0.05) is 38.1 Å². The topological polar surface area (TPSA) is 64.3 Å². The van der Waals surface area contributed by atoms with Gasteiger partial charge in [-0.3, -0.25) is 10.2 Å². The number of hydrogen-bond acceptors (Lipinski definition) is 3. The highest BCUT2D eigenvalue weighted by molar-refractivity contribution is 5.76. The molecule has 4 nitrogen and oxygen atoms in total. The summed E-state index contributed by atoms with van der Waals surface area (Å²) in [5, 5.41) is 0. The van der Waals surface area contributed by atoms with Crippen LogP contribution in [-0.2, 0) is 11.2 Å². The average molecular weight is 248 g/mol. The number of allylic oxidation sites excluding steroid dienone is 1. The number of hydrogen-bond donors (Lipinski definition) is 2. The number of carbonyl (C=O) groups is 1. The van der Waals surface area contributed by atoms with E-state index < -0.39 is 0 Å². The van der Waals surface area contributed by atoms with Crippen LogP contribution in [0.15, 0.2) is 30.9 Å². The highest BCUT2D eigenvalue weighted by atomic mass is 16.5. The zero-order valence-electron chi connectivity index (χ0n) is 10.9. The van der Waals surface area contributed by atoms with Gasteiger partial charge >= 0.3 is 0 Å². The van der Waals surface area contributed by atoms with Crippen molar-refractivity contribution in [2.24, 2.45) is 5.84 Å². The Balaban J connectivity index is 3.02. The lowest BCUT2D eigenvalue weighted by molar-refractivity contribution is -0.123. The van der Waals surface area contributed by atoms with E-state index in [9.17, 15) is 4.79 Å². The molecule has 0 saturated heterocycles. The number of rotatable bonds is 6. The third-order valence-corrected chi connectivity index (χ3v) is 2.62. The summed E-state index contributed by atoms with van der Waals surface area (Å²) in [7, 11) is 0. The lowest BCUT2D eigenvalue weighted by atomic mass is 9.98. The summed E-state index contributed by atoms with van der Waals surface area (Å²) in [4.78, 5) is 11.2. The Morgan fingerprint density at radius 3 is 2.83 bits per heavy atom. The lowest BCUT2D eigenvalue weighted by Gasteiger charge is -2.17. The van der Waals surface area contributed by atoms with Crippen LogP contribution in [0, 0.1) is 0 Å². The van der Waals surface area contributed by atoms with Gasteiger partial charge in [0.15, 0.2) is 6.61 Å². The number of hydrazine groups is 1. The van der Waals surface area contributed by atoms with Crippen LogP contribution in [0.2, 0.25) is 0 Å². The Morgan fingerprint density at radius 1 is 1.56 bits per heavy atom. The van der Waals surface area contributed by atoms with E-state index in [1.54, 1.807) is 0 Å². The van der Waals surface area contributed by atoms with E-state index in [1.165, 1.54) is 0 Å². The molecule has 1 aromatic carbocycles. The van der Waals surface area contributed by atoms with Gasteiger partial charge in [0, 0.05) is 0 Å². The van der Waals surface area contributed by atoms with Gasteiger partial charge in [0.05, 0.1) is 0 Å². The largest absolute Gasteiger partial charge is 0.483 e. The molecular formula is C14H20N2O2. The number of amides is 1. The zero-order valence-corrected chi connectivity index (χ0v) is 10.9. The second-order valence-corrected chi connectivity index (χ2v) is 4.34. The molecule has 0 fully saturated rings. The fourth-order valence-electron chi connectivity index (χ4n) is 1.73. The monoisotopic (exact) mass is 248 g/mol. The molecule has 0 unspecified atom stereocenters. The first-order valence-corrected chi connectivity index (χ1v) is 5.95. The maximum absolute atomic E-state index is 11.2. The predicted molar refractivity (Wildman–Crippen MR) is 72.3 cm³/mol. The van der Waals surface area contributed by atoms with Gasteiger partial charge in [-0.15, -0.1) is 6.58 Å². The molecular weight excluding hydrogens is 228 g/mol. The maximum Gasteiger partial charge on any atom is 0.271 e. The Morgan fingerprint density at radius 2 is 2.28 bits per heavy atom. The van der Waals surface area contributed by atoms with E-state index in [-0.39, 0.29) is 12.5 Å². The molecule has 4 heteroatoms. The summed E-state index contributed by atoms with van der Waals surface area (Å²) in [5.74, 6) is 5.77. The molecule has 0 aliphatic carbocycles. The number of ether oxygens (including phenoxy) is 1. The molecule has 1 amide bonds. The molecule has 0 aliphatic heterocycles. The fraction of sp³-hybridized carbons (Fsp3) is 0.357. The number of nitrogens with one attached hydrogen (secondary N) is 1. The van der Waals surface area contributed by atoms with E-state index in [0.717, 1.165) is 16.9 Å². The number of para-hydroxylation sites is 1. The van der Waals surface area contributed by atoms with E-state index in [0.29, 0.717) is 12.3 Å². The van der Waals surface area contributed by atoms with Crippen LogP contribution in [0.1, 0.15) is 30.9 Å². The third kappa shape index (κ3) is 3.60. The van der Waals surface area contributed by atoms with Gasteiger partial charge in [-0.25, -0.2) is 5.84 Å². The molecule has 0 aliphatic rings. The van der Waals surface area contributed by atoms with Crippen molar-refractivity contribution in [3.63, 3.8) is 0 Å². The number of nitrogens with two attached hydrogens (primary N) is 1. The Hall–Kier alpha value is -1.81. The van der Waals surface area contributed by atoms with Crippen LogP contribution < -0.4 is 16.0 Å². The molecule has 0 heterocycles. The standard InChI is InChI=1S/C14H20N2O2/c1-4-6-11-7-5-8-12(10(2)3)14(11)18-9-13(17)16-15/h4-5,7-8,10H,1,6,9,15H2,2-3H3,(H,16,17). The fourth-order valence-corrected chi connectivity index (χ4v) is 1.73. The Labute approximate surface area is 108 Å². The van der Waals surface area contributed by atoms with Crippen LogP contribution in [-0.4, -0.2) is 12.5 Å². The molecule has 98 valence electrons. The first-order valence-electron chi connectivity index (χ1n) is 5.95. The van der Waals surface area contributed by atoms with Crippen LogP contribution in [0.3, 0.4) is 0 Å². The van der Waals surface area contributed by atoms with Crippen LogP contribution in [0.4, 0.5) is 0 Å². The molecule has 18 heavy (non-hydrogen) atoms. The first-order chi connectivity index (χ1) is 8.60. The molecule has 0 atom stereocenters. The second kappa shape index (κ2) is 6.81. The number of carbonyl (C=O) groups excluding carboxylic acids is 1. The molecule has 1 rings (SSSR count). The van der Waals surface area contributed by atoms with Crippen molar-refractivity contribution in [3.05, 3.63) is 42.0 Å².